The number of carbonyl (C=O) groups is 2. The number of nitrogens with one attached hydrogen (secondary N) is 1. The molecule has 26 heavy (non-hydrogen) atoms. The number of ether oxygens (including phenoxy) is 1. The molecule has 0 bridgehead atoms. The van der Waals surface area contributed by atoms with Crippen molar-refractivity contribution >= 4 is 12.2 Å². The van der Waals surface area contributed by atoms with Gasteiger partial charge in [-0.15, -0.1) is 0 Å². The summed E-state index contributed by atoms with van der Waals surface area (Å²) in [5, 5.41) is 12.6. The number of hydrogen-bond donors (Lipinski definition) is 3. The topological polar surface area (TPSA) is 105 Å². The number of alkyl carbamates (subject to hydrolysis) is 1. The van der Waals surface area contributed by atoms with Crippen molar-refractivity contribution in [2.24, 2.45) is 11.7 Å². The minimum atomic E-state index is -0.830. The molecule has 2 saturated carbocycles. The van der Waals surface area contributed by atoms with Crippen molar-refractivity contribution in [1.82, 2.24) is 10.2 Å². The van der Waals surface area contributed by atoms with Crippen LogP contribution in [0, 0.1) is 5.92 Å². The van der Waals surface area contributed by atoms with E-state index >= 15 is 0 Å². The van der Waals surface area contributed by atoms with Gasteiger partial charge in [0.15, 0.2) is 0 Å². The van der Waals surface area contributed by atoms with Crippen LogP contribution in [0.15, 0.2) is 0 Å². The van der Waals surface area contributed by atoms with Crippen LogP contribution in [-0.4, -0.2) is 52.5 Å². The summed E-state index contributed by atoms with van der Waals surface area (Å²) in [6.07, 6.45) is 5.90. The van der Waals surface area contributed by atoms with Crippen LogP contribution in [0.3, 0.4) is 0 Å². The Morgan fingerprint density at radius 1 is 1.08 bits per heavy atom. The summed E-state index contributed by atoms with van der Waals surface area (Å²) in [6.45, 7) is 6.13. The standard InChI is InChI=1S/C19H35N3O4/c1-19(2,3)26-17(23)21-15-8-10-16(11-9-15)22(18(24)25)12-13-4-6-14(20)7-5-13/h13-16H,4-12,20H2,1-3H3,(H,21,23)(H,24,25)/t13-,14-,15-,16-. The summed E-state index contributed by atoms with van der Waals surface area (Å²) in [5.74, 6) is 0.420. The molecule has 2 rings (SSSR count). The minimum Gasteiger partial charge on any atom is -0.465 e. The maximum Gasteiger partial charge on any atom is 0.407 e. The molecular formula is C19H35N3O4. The number of hydrogen-bond acceptors (Lipinski definition) is 4. The van der Waals surface area contributed by atoms with Gasteiger partial charge >= 0.3 is 12.2 Å². The summed E-state index contributed by atoms with van der Waals surface area (Å²) in [6, 6.07) is 0.378. The van der Waals surface area contributed by atoms with Gasteiger partial charge in [-0.2, -0.15) is 0 Å². The summed E-state index contributed by atoms with van der Waals surface area (Å²) in [5.41, 5.74) is 5.44. The highest BCUT2D eigenvalue weighted by Crippen LogP contribution is 2.28. The first-order chi connectivity index (χ1) is 12.1. The van der Waals surface area contributed by atoms with Crippen LogP contribution in [0.5, 0.6) is 0 Å². The normalized spacial score (nSPS) is 29.7. The quantitative estimate of drug-likeness (QED) is 0.705. The van der Waals surface area contributed by atoms with Gasteiger partial charge in [0.1, 0.15) is 5.60 Å². The smallest absolute Gasteiger partial charge is 0.407 e. The van der Waals surface area contributed by atoms with E-state index in [0.29, 0.717) is 12.5 Å². The molecule has 0 aliphatic heterocycles. The second kappa shape index (κ2) is 8.93. The van der Waals surface area contributed by atoms with E-state index < -0.39 is 17.8 Å². The molecule has 0 atom stereocenters. The van der Waals surface area contributed by atoms with Crippen LogP contribution in [-0.2, 0) is 4.74 Å². The largest absolute Gasteiger partial charge is 0.465 e. The minimum absolute atomic E-state index is 0.0415. The maximum absolute atomic E-state index is 11.9. The lowest BCUT2D eigenvalue weighted by molar-refractivity contribution is 0.0467. The number of rotatable bonds is 4. The van der Waals surface area contributed by atoms with Gasteiger partial charge < -0.3 is 25.8 Å². The number of nitrogens with zero attached hydrogens (tertiary/aromatic N) is 1. The van der Waals surface area contributed by atoms with E-state index in [1.807, 2.05) is 20.8 Å². The third-order valence-corrected chi connectivity index (χ3v) is 5.45. The molecular weight excluding hydrogens is 334 g/mol. The fraction of sp³-hybridized carbons (Fsp3) is 0.895. The van der Waals surface area contributed by atoms with Crippen molar-refractivity contribution in [2.45, 2.75) is 95.9 Å². The zero-order chi connectivity index (χ0) is 19.3. The summed E-state index contributed by atoms with van der Waals surface area (Å²) in [4.78, 5) is 25.3. The number of carboxylic acid groups (broad SMARTS) is 1. The molecule has 0 saturated heterocycles. The van der Waals surface area contributed by atoms with Gasteiger partial charge in [-0.05, 0) is 78.1 Å². The van der Waals surface area contributed by atoms with Crippen LogP contribution < -0.4 is 11.1 Å². The lowest BCUT2D eigenvalue weighted by atomic mass is 9.85. The van der Waals surface area contributed by atoms with E-state index in [1.54, 1.807) is 4.90 Å². The lowest BCUT2D eigenvalue weighted by Gasteiger charge is -2.38. The van der Waals surface area contributed by atoms with Gasteiger partial charge in [0.2, 0.25) is 0 Å². The fourth-order valence-corrected chi connectivity index (χ4v) is 4.04. The SMILES string of the molecule is CC(C)(C)OC(=O)N[C@H]1CC[C@H](N(C[C@H]2CC[C@H](N)CC2)C(=O)O)CC1. The van der Waals surface area contributed by atoms with Crippen molar-refractivity contribution in [1.29, 1.82) is 0 Å². The first-order valence-electron chi connectivity index (χ1n) is 9.88. The predicted octanol–water partition coefficient (Wildman–Crippen LogP) is 3.32. The van der Waals surface area contributed by atoms with Gasteiger partial charge in [0.05, 0.1) is 0 Å². The zero-order valence-electron chi connectivity index (χ0n) is 16.4. The zero-order valence-corrected chi connectivity index (χ0v) is 16.4. The van der Waals surface area contributed by atoms with Crippen LogP contribution >= 0.6 is 0 Å². The monoisotopic (exact) mass is 369 g/mol. The van der Waals surface area contributed by atoms with Gasteiger partial charge in [-0.1, -0.05) is 0 Å². The Bertz CT molecular complexity index is 476. The van der Waals surface area contributed by atoms with Gasteiger partial charge in [-0.25, -0.2) is 9.59 Å². The van der Waals surface area contributed by atoms with Crippen molar-refractivity contribution in [2.75, 3.05) is 6.54 Å². The molecule has 2 aliphatic carbocycles. The maximum atomic E-state index is 11.9. The van der Waals surface area contributed by atoms with Crippen LogP contribution in [0.1, 0.15) is 72.1 Å². The number of carbonyl (C=O) groups excluding carboxylic acids is 1. The second-order valence-corrected chi connectivity index (χ2v) is 8.87. The molecule has 0 unspecified atom stereocenters. The van der Waals surface area contributed by atoms with Gasteiger partial charge in [0.25, 0.3) is 0 Å². The van der Waals surface area contributed by atoms with E-state index in [4.69, 9.17) is 10.5 Å². The van der Waals surface area contributed by atoms with Gasteiger partial charge in [-0.3, -0.25) is 0 Å². The highest BCUT2D eigenvalue weighted by molar-refractivity contribution is 5.68. The Hall–Kier alpha value is -1.50. The number of nitrogens with two attached hydrogens (primary N) is 1. The van der Waals surface area contributed by atoms with E-state index in [0.717, 1.165) is 51.4 Å². The third-order valence-electron chi connectivity index (χ3n) is 5.45. The molecule has 7 nitrogen and oxygen atoms in total. The summed E-state index contributed by atoms with van der Waals surface area (Å²) < 4.78 is 5.30. The Kier molecular flexibility index (Phi) is 7.15. The molecule has 0 spiro atoms. The third kappa shape index (κ3) is 6.67. The molecule has 0 aromatic heterocycles. The molecule has 7 heteroatoms. The van der Waals surface area contributed by atoms with E-state index in [1.165, 1.54) is 0 Å². The Balaban J connectivity index is 1.80. The van der Waals surface area contributed by atoms with E-state index in [-0.39, 0.29) is 18.1 Å². The van der Waals surface area contributed by atoms with Crippen molar-refractivity contribution in [3.8, 4) is 0 Å². The fourth-order valence-electron chi connectivity index (χ4n) is 4.04. The highest BCUT2D eigenvalue weighted by Gasteiger charge is 2.32. The Morgan fingerprint density at radius 3 is 2.15 bits per heavy atom. The van der Waals surface area contributed by atoms with Crippen molar-refractivity contribution in [3.63, 3.8) is 0 Å². The molecule has 2 aliphatic rings. The molecule has 0 aromatic carbocycles. The van der Waals surface area contributed by atoms with Crippen LogP contribution in [0.2, 0.25) is 0 Å². The Morgan fingerprint density at radius 2 is 1.65 bits per heavy atom. The van der Waals surface area contributed by atoms with Crippen LogP contribution in [0.4, 0.5) is 9.59 Å². The van der Waals surface area contributed by atoms with E-state index in [9.17, 15) is 14.7 Å². The van der Waals surface area contributed by atoms with Crippen LogP contribution in [0.25, 0.3) is 0 Å². The molecule has 4 N–H and O–H groups in total. The second-order valence-electron chi connectivity index (χ2n) is 8.87. The molecule has 2 fully saturated rings. The average Bonchev–Trinajstić information content (AvgIpc) is 2.53. The molecule has 150 valence electrons. The molecule has 0 heterocycles. The lowest BCUT2D eigenvalue weighted by Crippen LogP contribution is -2.48. The van der Waals surface area contributed by atoms with E-state index in [2.05, 4.69) is 5.32 Å². The van der Waals surface area contributed by atoms with Crippen molar-refractivity contribution in [3.05, 3.63) is 0 Å². The van der Waals surface area contributed by atoms with Crippen molar-refractivity contribution < 1.29 is 19.4 Å². The highest BCUT2D eigenvalue weighted by atomic mass is 16.6. The molecule has 0 aromatic rings. The molecule has 0 radical (unpaired) electrons. The number of amides is 2. The summed E-state index contributed by atoms with van der Waals surface area (Å²) in [7, 11) is 0. The Labute approximate surface area is 156 Å². The predicted molar refractivity (Wildman–Crippen MR) is 100 cm³/mol. The van der Waals surface area contributed by atoms with Gasteiger partial charge in [0, 0.05) is 24.7 Å². The first-order valence-corrected chi connectivity index (χ1v) is 9.88. The first kappa shape index (κ1) is 20.8. The molecule has 2 amide bonds. The average molecular weight is 370 g/mol. The summed E-state index contributed by atoms with van der Waals surface area (Å²) >= 11 is 0.